The number of hydrogen-bond donors (Lipinski definition) is 2. The molecular formula is C23H16F3N5O3S. The Morgan fingerprint density at radius 3 is 2.40 bits per heavy atom. The molecule has 4 aromatic rings. The molecule has 0 aliphatic heterocycles. The number of rotatable bonds is 5. The number of alkyl halides is 3. The largest absolute Gasteiger partial charge is 0.416 e. The molecule has 2 aromatic heterocycles. The van der Waals surface area contributed by atoms with Crippen molar-refractivity contribution >= 4 is 34.0 Å². The summed E-state index contributed by atoms with van der Waals surface area (Å²) >= 11 is 1.26. The molecule has 8 nitrogen and oxygen atoms in total. The Labute approximate surface area is 200 Å². The third-order valence-corrected chi connectivity index (χ3v) is 5.49. The van der Waals surface area contributed by atoms with Gasteiger partial charge >= 0.3 is 6.18 Å². The molecular weight excluding hydrogens is 483 g/mol. The Balaban J connectivity index is 1.55. The van der Waals surface area contributed by atoms with Crippen LogP contribution in [0.5, 0.6) is 0 Å². The summed E-state index contributed by atoms with van der Waals surface area (Å²) in [4.78, 5) is 41.3. The summed E-state index contributed by atoms with van der Waals surface area (Å²) in [6, 6.07) is 11.4. The maximum atomic E-state index is 13.1. The number of nitrogens with one attached hydrogen (secondary N) is 2. The van der Waals surface area contributed by atoms with Crippen molar-refractivity contribution in [3.63, 3.8) is 0 Å². The van der Waals surface area contributed by atoms with Crippen LogP contribution in [0, 0.1) is 6.92 Å². The van der Waals surface area contributed by atoms with Crippen molar-refractivity contribution in [2.24, 2.45) is 0 Å². The minimum absolute atomic E-state index is 0.0435. The number of aryl methyl sites for hydroxylation is 1. The smallest absolute Gasteiger partial charge is 0.320 e. The van der Waals surface area contributed by atoms with E-state index >= 15 is 0 Å². The lowest BCUT2D eigenvalue weighted by Gasteiger charge is -2.13. The molecule has 0 bridgehead atoms. The van der Waals surface area contributed by atoms with Crippen LogP contribution in [0.25, 0.3) is 5.69 Å². The fourth-order valence-electron chi connectivity index (χ4n) is 3.13. The molecule has 4 rings (SSSR count). The Kier molecular flexibility index (Phi) is 6.47. The number of halogens is 3. The molecule has 2 amide bonds. The first-order chi connectivity index (χ1) is 16.6. The van der Waals surface area contributed by atoms with Crippen LogP contribution in [0.2, 0.25) is 0 Å². The quantitative estimate of drug-likeness (QED) is 0.420. The first-order valence-electron chi connectivity index (χ1n) is 10.0. The van der Waals surface area contributed by atoms with Crippen molar-refractivity contribution in [2.45, 2.75) is 13.1 Å². The number of carbonyl (C=O) groups excluding carboxylic acids is 2. The minimum Gasteiger partial charge on any atom is -0.320 e. The zero-order valence-electron chi connectivity index (χ0n) is 18.0. The number of carbonyl (C=O) groups is 2. The summed E-state index contributed by atoms with van der Waals surface area (Å²) in [5, 5.41) is 11.3. The predicted octanol–water partition coefficient (Wildman–Crippen LogP) is 4.52. The van der Waals surface area contributed by atoms with Crippen molar-refractivity contribution in [3.8, 4) is 5.69 Å². The van der Waals surface area contributed by atoms with Gasteiger partial charge in [0.1, 0.15) is 0 Å². The standard InChI is InChI=1S/C23H16F3N5O3S/c1-13-11-18(32)19(30-31(13)17-4-2-3-15(12-17)23(24,25)26)21(34)28-16-7-5-14(6-8-16)20(33)29-22-27-9-10-35-22/h2-12H,1H3,(H,28,34)(H,27,29,33). The zero-order valence-corrected chi connectivity index (χ0v) is 18.8. The third-order valence-electron chi connectivity index (χ3n) is 4.80. The van der Waals surface area contributed by atoms with Gasteiger partial charge in [-0.1, -0.05) is 6.07 Å². The maximum absolute atomic E-state index is 13.1. The van der Waals surface area contributed by atoms with E-state index in [0.717, 1.165) is 22.9 Å². The average molecular weight is 499 g/mol. The molecule has 0 saturated carbocycles. The molecule has 0 spiro atoms. The molecule has 0 fully saturated rings. The molecule has 0 radical (unpaired) electrons. The van der Waals surface area contributed by atoms with Crippen molar-refractivity contribution in [3.05, 3.63) is 98.9 Å². The second kappa shape index (κ2) is 9.50. The van der Waals surface area contributed by atoms with Gasteiger partial charge in [-0.05, 0) is 49.4 Å². The van der Waals surface area contributed by atoms with E-state index in [1.165, 1.54) is 54.7 Å². The summed E-state index contributed by atoms with van der Waals surface area (Å²) in [6.07, 6.45) is -3.01. The minimum atomic E-state index is -4.56. The van der Waals surface area contributed by atoms with Crippen molar-refractivity contribution in [1.82, 2.24) is 14.8 Å². The number of hydrogen-bond acceptors (Lipinski definition) is 6. The topological polar surface area (TPSA) is 106 Å². The van der Waals surface area contributed by atoms with E-state index in [0.29, 0.717) is 10.7 Å². The number of amides is 2. The first kappa shape index (κ1) is 23.8. The van der Waals surface area contributed by atoms with Crippen LogP contribution in [-0.2, 0) is 6.18 Å². The van der Waals surface area contributed by atoms with Crippen LogP contribution in [-0.4, -0.2) is 26.6 Å². The lowest BCUT2D eigenvalue weighted by Crippen LogP contribution is -2.27. The molecule has 0 aliphatic rings. The Morgan fingerprint density at radius 1 is 1.00 bits per heavy atom. The molecule has 0 unspecified atom stereocenters. The second-order valence-electron chi connectivity index (χ2n) is 7.28. The van der Waals surface area contributed by atoms with E-state index in [1.807, 2.05) is 0 Å². The highest BCUT2D eigenvalue weighted by molar-refractivity contribution is 7.13. The molecule has 0 saturated heterocycles. The van der Waals surface area contributed by atoms with Gasteiger partial charge < -0.3 is 5.32 Å². The van der Waals surface area contributed by atoms with Gasteiger partial charge in [-0.3, -0.25) is 19.7 Å². The maximum Gasteiger partial charge on any atom is 0.416 e. The first-order valence-corrected chi connectivity index (χ1v) is 10.9. The summed E-state index contributed by atoms with van der Waals surface area (Å²) in [5.41, 5.74) is -1.18. The van der Waals surface area contributed by atoms with Crippen LogP contribution < -0.4 is 16.1 Å². The molecule has 2 heterocycles. The molecule has 0 aliphatic carbocycles. The van der Waals surface area contributed by atoms with E-state index < -0.39 is 28.8 Å². The van der Waals surface area contributed by atoms with Crippen LogP contribution >= 0.6 is 11.3 Å². The number of anilines is 2. The van der Waals surface area contributed by atoms with E-state index in [1.54, 1.807) is 11.6 Å². The number of thiazole rings is 1. The van der Waals surface area contributed by atoms with Crippen LogP contribution in [0.4, 0.5) is 24.0 Å². The monoisotopic (exact) mass is 499 g/mol. The highest BCUT2D eigenvalue weighted by atomic mass is 32.1. The molecule has 2 N–H and O–H groups in total. The number of nitrogens with zero attached hydrogens (tertiary/aromatic N) is 3. The molecule has 12 heteroatoms. The Morgan fingerprint density at radius 2 is 1.74 bits per heavy atom. The van der Waals surface area contributed by atoms with E-state index in [-0.39, 0.29) is 23.0 Å². The van der Waals surface area contributed by atoms with Crippen LogP contribution in [0.15, 0.2) is 71.0 Å². The summed E-state index contributed by atoms with van der Waals surface area (Å²) in [6.45, 7) is 1.49. The number of aromatic nitrogens is 3. The molecule has 2 aromatic carbocycles. The zero-order chi connectivity index (χ0) is 25.2. The van der Waals surface area contributed by atoms with Gasteiger partial charge in [0.05, 0.1) is 11.3 Å². The fraction of sp³-hybridized carbons (Fsp3) is 0.0870. The summed E-state index contributed by atoms with van der Waals surface area (Å²) in [5.74, 6) is -1.24. The van der Waals surface area contributed by atoms with Crippen molar-refractivity contribution in [2.75, 3.05) is 10.6 Å². The average Bonchev–Trinajstić information content (AvgIpc) is 3.32. The van der Waals surface area contributed by atoms with Crippen LogP contribution in [0.3, 0.4) is 0 Å². The highest BCUT2D eigenvalue weighted by Gasteiger charge is 2.30. The van der Waals surface area contributed by atoms with Gasteiger partial charge in [0, 0.05) is 34.6 Å². The molecule has 0 atom stereocenters. The summed E-state index contributed by atoms with van der Waals surface area (Å²) < 4.78 is 40.4. The van der Waals surface area contributed by atoms with E-state index in [9.17, 15) is 27.6 Å². The number of benzene rings is 2. The van der Waals surface area contributed by atoms with Gasteiger partial charge in [-0.25, -0.2) is 9.67 Å². The van der Waals surface area contributed by atoms with Crippen LogP contribution in [0.1, 0.15) is 32.1 Å². The van der Waals surface area contributed by atoms with Crippen molar-refractivity contribution in [1.29, 1.82) is 0 Å². The van der Waals surface area contributed by atoms with Gasteiger partial charge in [0.15, 0.2) is 10.8 Å². The molecule has 178 valence electrons. The lowest BCUT2D eigenvalue weighted by molar-refractivity contribution is -0.137. The lowest BCUT2D eigenvalue weighted by atomic mass is 10.2. The Bertz CT molecular complexity index is 1450. The normalized spacial score (nSPS) is 11.2. The third kappa shape index (κ3) is 5.44. The van der Waals surface area contributed by atoms with Gasteiger partial charge in [0.2, 0.25) is 5.43 Å². The highest BCUT2D eigenvalue weighted by Crippen LogP contribution is 2.30. The van der Waals surface area contributed by atoms with Crippen molar-refractivity contribution < 1.29 is 22.8 Å². The van der Waals surface area contributed by atoms with Gasteiger partial charge in [-0.15, -0.1) is 11.3 Å². The predicted molar refractivity (Wildman–Crippen MR) is 124 cm³/mol. The molecule has 35 heavy (non-hydrogen) atoms. The van der Waals surface area contributed by atoms with E-state index in [2.05, 4.69) is 20.7 Å². The van der Waals surface area contributed by atoms with Gasteiger partial charge in [-0.2, -0.15) is 18.3 Å². The summed E-state index contributed by atoms with van der Waals surface area (Å²) in [7, 11) is 0. The second-order valence-corrected chi connectivity index (χ2v) is 8.18. The Hall–Kier alpha value is -4.32. The van der Waals surface area contributed by atoms with Gasteiger partial charge in [0.25, 0.3) is 11.8 Å². The van der Waals surface area contributed by atoms with E-state index in [4.69, 9.17) is 0 Å². The SMILES string of the molecule is Cc1cc(=O)c(C(=O)Nc2ccc(C(=O)Nc3nccs3)cc2)nn1-c1cccc(C(F)(F)F)c1. The fourth-order valence-corrected chi connectivity index (χ4v) is 3.65.